The van der Waals surface area contributed by atoms with E-state index in [1.54, 1.807) is 0 Å². The van der Waals surface area contributed by atoms with Gasteiger partial charge in [0.1, 0.15) is 12.3 Å². The van der Waals surface area contributed by atoms with Crippen LogP contribution in [0.1, 0.15) is 27.7 Å². The number of aliphatic imine (C=N–C) groups is 2. The Hall–Kier alpha value is -0.740. The van der Waals surface area contributed by atoms with E-state index in [1.807, 2.05) is 13.1 Å². The molecule has 1 saturated heterocycles. The molecule has 0 aromatic carbocycles. The Kier molecular flexibility index (Phi) is 3.40. The van der Waals surface area contributed by atoms with Gasteiger partial charge in [0.15, 0.2) is 0 Å². The summed E-state index contributed by atoms with van der Waals surface area (Å²) in [6.07, 6.45) is 2.31. The van der Waals surface area contributed by atoms with E-state index in [1.165, 1.54) is 0 Å². The highest BCUT2D eigenvalue weighted by atomic mass is 16.5. The lowest BCUT2D eigenvalue weighted by Gasteiger charge is -2.38. The zero-order valence-corrected chi connectivity index (χ0v) is 10.6. The van der Waals surface area contributed by atoms with Crippen LogP contribution in [0.5, 0.6) is 0 Å². The molecule has 2 aliphatic rings. The van der Waals surface area contributed by atoms with Crippen molar-refractivity contribution in [1.82, 2.24) is 4.90 Å². The zero-order valence-electron chi connectivity index (χ0n) is 10.6. The van der Waals surface area contributed by atoms with Crippen LogP contribution in [0.15, 0.2) is 9.98 Å². The highest BCUT2D eigenvalue weighted by molar-refractivity contribution is 6.33. The van der Waals surface area contributed by atoms with Crippen LogP contribution in [-0.4, -0.2) is 54.3 Å². The average Bonchev–Trinajstić information content (AvgIpc) is 2.64. The van der Waals surface area contributed by atoms with Gasteiger partial charge in [0.05, 0.1) is 11.8 Å². The van der Waals surface area contributed by atoms with Crippen LogP contribution < -0.4 is 0 Å². The molecular weight excluding hydrogens is 202 g/mol. The SMILES string of the molecule is CC1N=CC(C2CN(C(C)C)CC(C)O2)=N1. The topological polar surface area (TPSA) is 37.2 Å². The Morgan fingerprint density at radius 3 is 2.69 bits per heavy atom. The van der Waals surface area contributed by atoms with Crippen molar-refractivity contribution in [3.8, 4) is 0 Å². The van der Waals surface area contributed by atoms with Crippen LogP contribution in [-0.2, 0) is 4.74 Å². The van der Waals surface area contributed by atoms with E-state index in [-0.39, 0.29) is 18.4 Å². The second kappa shape index (κ2) is 4.63. The average molecular weight is 223 g/mol. The number of rotatable bonds is 2. The lowest BCUT2D eigenvalue weighted by Crippen LogP contribution is -2.52. The monoisotopic (exact) mass is 223 g/mol. The fourth-order valence-electron chi connectivity index (χ4n) is 2.20. The summed E-state index contributed by atoms with van der Waals surface area (Å²) in [5.74, 6) is 0. The predicted molar refractivity (Wildman–Crippen MR) is 66.4 cm³/mol. The predicted octanol–water partition coefficient (Wildman–Crippen LogP) is 1.36. The number of hydrogen-bond acceptors (Lipinski definition) is 4. The normalized spacial score (nSPS) is 35.8. The molecule has 0 N–H and O–H groups in total. The van der Waals surface area contributed by atoms with Crippen molar-refractivity contribution in [2.24, 2.45) is 9.98 Å². The largest absolute Gasteiger partial charge is 0.366 e. The molecule has 0 aliphatic carbocycles. The van der Waals surface area contributed by atoms with Gasteiger partial charge in [-0.15, -0.1) is 0 Å². The molecule has 4 heteroatoms. The summed E-state index contributed by atoms with van der Waals surface area (Å²) >= 11 is 0. The highest BCUT2D eigenvalue weighted by Gasteiger charge is 2.30. The Bertz CT molecular complexity index is 311. The number of morpholine rings is 1. The Labute approximate surface area is 97.4 Å². The van der Waals surface area contributed by atoms with Crippen molar-refractivity contribution in [1.29, 1.82) is 0 Å². The van der Waals surface area contributed by atoms with Crippen molar-refractivity contribution >= 4 is 11.9 Å². The molecule has 16 heavy (non-hydrogen) atoms. The molecule has 0 aromatic heterocycles. The van der Waals surface area contributed by atoms with E-state index in [4.69, 9.17) is 4.74 Å². The molecule has 4 nitrogen and oxygen atoms in total. The molecule has 3 atom stereocenters. The lowest BCUT2D eigenvalue weighted by molar-refractivity contribution is -0.0547. The fourth-order valence-corrected chi connectivity index (χ4v) is 2.20. The molecule has 0 bridgehead atoms. The van der Waals surface area contributed by atoms with Gasteiger partial charge in [0.2, 0.25) is 0 Å². The molecule has 90 valence electrons. The minimum Gasteiger partial charge on any atom is -0.366 e. The Morgan fingerprint density at radius 2 is 2.12 bits per heavy atom. The molecule has 0 saturated carbocycles. The van der Waals surface area contributed by atoms with Gasteiger partial charge in [0.25, 0.3) is 0 Å². The van der Waals surface area contributed by atoms with Gasteiger partial charge >= 0.3 is 0 Å². The summed E-state index contributed by atoms with van der Waals surface area (Å²) in [5.41, 5.74) is 1.00. The maximum Gasteiger partial charge on any atom is 0.137 e. The molecule has 2 heterocycles. The first-order chi connectivity index (χ1) is 7.56. The minimum absolute atomic E-state index is 0.0725. The van der Waals surface area contributed by atoms with Crippen molar-refractivity contribution < 1.29 is 4.74 Å². The third-order valence-corrected chi connectivity index (χ3v) is 3.11. The van der Waals surface area contributed by atoms with E-state index >= 15 is 0 Å². The van der Waals surface area contributed by atoms with E-state index in [9.17, 15) is 0 Å². The first-order valence-corrected chi connectivity index (χ1v) is 6.06. The summed E-state index contributed by atoms with van der Waals surface area (Å²) in [5, 5.41) is 0. The third kappa shape index (κ3) is 2.50. The third-order valence-electron chi connectivity index (χ3n) is 3.11. The Balaban J connectivity index is 2.05. The van der Waals surface area contributed by atoms with Gasteiger partial charge in [-0.1, -0.05) is 0 Å². The van der Waals surface area contributed by atoms with E-state index in [0.29, 0.717) is 6.04 Å². The molecular formula is C12H21N3O. The van der Waals surface area contributed by atoms with E-state index < -0.39 is 0 Å². The van der Waals surface area contributed by atoms with Crippen LogP contribution in [0.2, 0.25) is 0 Å². The maximum absolute atomic E-state index is 5.94. The molecule has 2 aliphatic heterocycles. The highest BCUT2D eigenvalue weighted by Crippen LogP contribution is 2.16. The van der Waals surface area contributed by atoms with Gasteiger partial charge < -0.3 is 4.74 Å². The number of hydrogen-bond donors (Lipinski definition) is 0. The van der Waals surface area contributed by atoms with Crippen molar-refractivity contribution in [2.45, 2.75) is 52.1 Å². The Morgan fingerprint density at radius 1 is 1.38 bits per heavy atom. The van der Waals surface area contributed by atoms with Crippen LogP contribution in [0.3, 0.4) is 0 Å². The van der Waals surface area contributed by atoms with Crippen LogP contribution in [0.25, 0.3) is 0 Å². The lowest BCUT2D eigenvalue weighted by atomic mass is 10.1. The van der Waals surface area contributed by atoms with Gasteiger partial charge in [-0.2, -0.15) is 0 Å². The molecule has 0 spiro atoms. The standard InChI is InChI=1S/C12H21N3O/c1-8(2)15-6-9(3)16-12(7-15)11-5-13-10(4)14-11/h5,8-10,12H,6-7H2,1-4H3. The van der Waals surface area contributed by atoms with Crippen molar-refractivity contribution in [3.05, 3.63) is 0 Å². The number of ether oxygens (including phenoxy) is 1. The van der Waals surface area contributed by atoms with E-state index in [2.05, 4.69) is 35.7 Å². The molecule has 3 unspecified atom stereocenters. The first kappa shape index (κ1) is 11.7. The molecule has 2 rings (SSSR count). The molecule has 0 radical (unpaired) electrons. The smallest absolute Gasteiger partial charge is 0.137 e. The molecule has 1 fully saturated rings. The first-order valence-electron chi connectivity index (χ1n) is 6.06. The van der Waals surface area contributed by atoms with Gasteiger partial charge in [-0.05, 0) is 27.7 Å². The van der Waals surface area contributed by atoms with Gasteiger partial charge in [-0.25, -0.2) is 0 Å². The second-order valence-corrected chi connectivity index (χ2v) is 4.95. The van der Waals surface area contributed by atoms with Crippen molar-refractivity contribution in [2.75, 3.05) is 13.1 Å². The summed E-state index contributed by atoms with van der Waals surface area (Å²) in [7, 11) is 0. The summed E-state index contributed by atoms with van der Waals surface area (Å²) in [4.78, 5) is 11.2. The molecule has 0 aromatic rings. The number of nitrogens with zero attached hydrogens (tertiary/aromatic N) is 3. The van der Waals surface area contributed by atoms with Crippen LogP contribution in [0.4, 0.5) is 0 Å². The zero-order chi connectivity index (χ0) is 11.7. The fraction of sp³-hybridized carbons (Fsp3) is 0.833. The maximum atomic E-state index is 5.94. The van der Waals surface area contributed by atoms with Gasteiger partial charge in [-0.3, -0.25) is 14.9 Å². The summed E-state index contributed by atoms with van der Waals surface area (Å²) in [6.45, 7) is 10.5. The summed E-state index contributed by atoms with van der Waals surface area (Å²) < 4.78 is 5.94. The summed E-state index contributed by atoms with van der Waals surface area (Å²) in [6, 6.07) is 0.560. The molecule has 0 amide bonds. The quantitative estimate of drug-likeness (QED) is 0.708. The van der Waals surface area contributed by atoms with Crippen molar-refractivity contribution in [3.63, 3.8) is 0 Å². The van der Waals surface area contributed by atoms with Crippen LogP contribution >= 0.6 is 0 Å². The van der Waals surface area contributed by atoms with Gasteiger partial charge in [0, 0.05) is 25.3 Å². The minimum atomic E-state index is 0.0725. The second-order valence-electron chi connectivity index (χ2n) is 4.95. The van der Waals surface area contributed by atoms with E-state index in [0.717, 1.165) is 18.8 Å². The van der Waals surface area contributed by atoms with Crippen LogP contribution in [0, 0.1) is 0 Å².